The summed E-state index contributed by atoms with van der Waals surface area (Å²) in [5.74, 6) is -0.749. The van der Waals surface area contributed by atoms with Crippen LogP contribution < -0.4 is 10.5 Å². The smallest absolute Gasteiger partial charge is 0.268 e. The van der Waals surface area contributed by atoms with Gasteiger partial charge >= 0.3 is 0 Å². The van der Waals surface area contributed by atoms with E-state index in [0.29, 0.717) is 5.69 Å². The van der Waals surface area contributed by atoms with E-state index >= 15 is 0 Å². The number of anilines is 1. The third-order valence-corrected chi connectivity index (χ3v) is 3.52. The SMILES string of the molecule is Nc1ccc(S(=O)(=O)NC(=O)c2cn[nH]c2)cc1. The van der Waals surface area contributed by atoms with E-state index in [9.17, 15) is 13.2 Å². The summed E-state index contributed by atoms with van der Waals surface area (Å²) in [6.45, 7) is 0. The second-order valence-electron chi connectivity index (χ2n) is 3.49. The molecule has 0 radical (unpaired) electrons. The predicted molar refractivity (Wildman–Crippen MR) is 64.1 cm³/mol. The van der Waals surface area contributed by atoms with Gasteiger partial charge < -0.3 is 5.73 Å². The average molecular weight is 266 g/mol. The van der Waals surface area contributed by atoms with Gasteiger partial charge in [0.05, 0.1) is 16.7 Å². The van der Waals surface area contributed by atoms with Gasteiger partial charge in [-0.3, -0.25) is 9.89 Å². The first-order valence-corrected chi connectivity index (χ1v) is 6.39. The monoisotopic (exact) mass is 266 g/mol. The van der Waals surface area contributed by atoms with Crippen molar-refractivity contribution in [1.29, 1.82) is 0 Å². The van der Waals surface area contributed by atoms with Gasteiger partial charge in [0.2, 0.25) is 0 Å². The topological polar surface area (TPSA) is 118 Å². The van der Waals surface area contributed by atoms with Crippen LogP contribution in [0, 0.1) is 0 Å². The molecule has 0 aliphatic heterocycles. The number of sulfonamides is 1. The van der Waals surface area contributed by atoms with E-state index in [4.69, 9.17) is 5.73 Å². The molecule has 1 aromatic heterocycles. The molecule has 94 valence electrons. The molecule has 1 amide bonds. The summed E-state index contributed by atoms with van der Waals surface area (Å²) in [4.78, 5) is 11.6. The Morgan fingerprint density at radius 1 is 1.28 bits per heavy atom. The number of nitrogen functional groups attached to an aromatic ring is 1. The van der Waals surface area contributed by atoms with Crippen LogP contribution in [0.15, 0.2) is 41.6 Å². The Balaban J connectivity index is 2.22. The van der Waals surface area contributed by atoms with Crippen LogP contribution in [0.1, 0.15) is 10.4 Å². The molecular formula is C10H10N4O3S. The highest BCUT2D eigenvalue weighted by molar-refractivity contribution is 7.90. The van der Waals surface area contributed by atoms with Crippen molar-refractivity contribution in [2.75, 3.05) is 5.73 Å². The van der Waals surface area contributed by atoms with Gasteiger partial charge in [0.25, 0.3) is 15.9 Å². The zero-order chi connectivity index (χ0) is 13.2. The second kappa shape index (κ2) is 4.49. The second-order valence-corrected chi connectivity index (χ2v) is 5.17. The van der Waals surface area contributed by atoms with E-state index in [-0.39, 0.29) is 10.5 Å². The van der Waals surface area contributed by atoms with Gasteiger partial charge in [0, 0.05) is 11.9 Å². The molecule has 0 bridgehead atoms. The Morgan fingerprint density at radius 2 is 1.94 bits per heavy atom. The van der Waals surface area contributed by atoms with Crippen molar-refractivity contribution in [2.24, 2.45) is 0 Å². The molecule has 2 aromatic rings. The molecule has 2 rings (SSSR count). The first kappa shape index (κ1) is 12.1. The predicted octanol–water partition coefficient (Wildman–Crippen LogP) is 0.111. The fourth-order valence-electron chi connectivity index (χ4n) is 1.26. The number of hydrogen-bond acceptors (Lipinski definition) is 5. The van der Waals surface area contributed by atoms with Crippen LogP contribution in [-0.2, 0) is 10.0 Å². The normalized spacial score (nSPS) is 11.1. The molecule has 0 atom stereocenters. The van der Waals surface area contributed by atoms with Crippen LogP contribution in [0.3, 0.4) is 0 Å². The zero-order valence-electron chi connectivity index (χ0n) is 9.12. The first-order chi connectivity index (χ1) is 8.49. The highest BCUT2D eigenvalue weighted by atomic mass is 32.2. The fourth-order valence-corrected chi connectivity index (χ4v) is 2.24. The van der Waals surface area contributed by atoms with Crippen molar-refractivity contribution in [3.8, 4) is 0 Å². The van der Waals surface area contributed by atoms with Crippen LogP contribution in [0.4, 0.5) is 5.69 Å². The molecule has 4 N–H and O–H groups in total. The molecule has 0 unspecified atom stereocenters. The maximum Gasteiger partial charge on any atom is 0.268 e. The van der Waals surface area contributed by atoms with Crippen molar-refractivity contribution < 1.29 is 13.2 Å². The van der Waals surface area contributed by atoms with Gasteiger partial charge in [-0.1, -0.05) is 0 Å². The number of aromatic nitrogens is 2. The number of hydrogen-bond donors (Lipinski definition) is 3. The lowest BCUT2D eigenvalue weighted by atomic mass is 10.3. The summed E-state index contributed by atoms with van der Waals surface area (Å²) in [6.07, 6.45) is 2.53. The van der Waals surface area contributed by atoms with Gasteiger partial charge in [-0.15, -0.1) is 0 Å². The van der Waals surface area contributed by atoms with Gasteiger partial charge in [-0.25, -0.2) is 13.1 Å². The lowest BCUT2D eigenvalue weighted by Gasteiger charge is -2.05. The molecular weight excluding hydrogens is 256 g/mol. The summed E-state index contributed by atoms with van der Waals surface area (Å²) in [5, 5.41) is 5.98. The van der Waals surface area contributed by atoms with Crippen molar-refractivity contribution >= 4 is 21.6 Å². The molecule has 8 heteroatoms. The fraction of sp³-hybridized carbons (Fsp3) is 0. The first-order valence-electron chi connectivity index (χ1n) is 4.90. The number of carbonyl (C=O) groups is 1. The van der Waals surface area contributed by atoms with Crippen LogP contribution in [0.5, 0.6) is 0 Å². The van der Waals surface area contributed by atoms with E-state index in [1.54, 1.807) is 0 Å². The van der Waals surface area contributed by atoms with Crippen LogP contribution in [0.25, 0.3) is 0 Å². The molecule has 0 saturated carbocycles. The third-order valence-electron chi connectivity index (χ3n) is 2.18. The number of rotatable bonds is 3. The summed E-state index contributed by atoms with van der Waals surface area (Å²) >= 11 is 0. The van der Waals surface area contributed by atoms with Gasteiger partial charge in [0.15, 0.2) is 0 Å². The Kier molecular flexibility index (Phi) is 3.02. The number of aromatic amines is 1. The van der Waals surface area contributed by atoms with Crippen molar-refractivity contribution in [3.63, 3.8) is 0 Å². The number of nitrogens with two attached hydrogens (primary N) is 1. The minimum atomic E-state index is -3.90. The number of amides is 1. The van der Waals surface area contributed by atoms with Crippen LogP contribution in [0.2, 0.25) is 0 Å². The number of benzene rings is 1. The van der Waals surface area contributed by atoms with Crippen LogP contribution in [-0.4, -0.2) is 24.5 Å². The van der Waals surface area contributed by atoms with Crippen molar-refractivity contribution in [3.05, 3.63) is 42.2 Å². The largest absolute Gasteiger partial charge is 0.399 e. The van der Waals surface area contributed by atoms with Crippen molar-refractivity contribution in [2.45, 2.75) is 4.90 Å². The van der Waals surface area contributed by atoms with Gasteiger partial charge in [-0.2, -0.15) is 5.10 Å². The van der Waals surface area contributed by atoms with Gasteiger partial charge in [-0.05, 0) is 24.3 Å². The Morgan fingerprint density at radius 3 is 2.50 bits per heavy atom. The summed E-state index contributed by atoms with van der Waals surface area (Å²) in [6, 6.07) is 5.52. The highest BCUT2D eigenvalue weighted by Crippen LogP contribution is 2.11. The van der Waals surface area contributed by atoms with E-state index in [1.807, 2.05) is 4.72 Å². The number of H-pyrrole nitrogens is 1. The lowest BCUT2D eigenvalue weighted by Crippen LogP contribution is -2.30. The zero-order valence-corrected chi connectivity index (χ0v) is 9.94. The maximum absolute atomic E-state index is 11.8. The van der Waals surface area contributed by atoms with Crippen LogP contribution >= 0.6 is 0 Å². The minimum Gasteiger partial charge on any atom is -0.399 e. The number of nitrogens with one attached hydrogen (secondary N) is 2. The number of nitrogens with zero attached hydrogens (tertiary/aromatic N) is 1. The Labute approximate surface area is 103 Å². The Hall–Kier alpha value is -2.35. The standard InChI is InChI=1S/C10H10N4O3S/c11-8-1-3-9(4-2-8)18(16,17)14-10(15)7-5-12-13-6-7/h1-6H,11H2,(H,12,13)(H,14,15). The van der Waals surface area contributed by atoms with E-state index in [1.165, 1.54) is 36.7 Å². The average Bonchev–Trinajstić information content (AvgIpc) is 2.82. The highest BCUT2D eigenvalue weighted by Gasteiger charge is 2.18. The maximum atomic E-state index is 11.8. The molecule has 0 aliphatic rings. The summed E-state index contributed by atoms with van der Waals surface area (Å²) in [5.41, 5.74) is 6.03. The molecule has 0 saturated heterocycles. The molecule has 1 aromatic carbocycles. The van der Waals surface area contributed by atoms with E-state index < -0.39 is 15.9 Å². The summed E-state index contributed by atoms with van der Waals surface area (Å²) < 4.78 is 25.6. The molecule has 1 heterocycles. The Bertz CT molecular complexity index is 647. The van der Waals surface area contributed by atoms with E-state index in [0.717, 1.165) is 0 Å². The molecule has 7 nitrogen and oxygen atoms in total. The molecule has 0 aliphatic carbocycles. The number of carbonyl (C=O) groups excluding carboxylic acids is 1. The quantitative estimate of drug-likeness (QED) is 0.681. The lowest BCUT2D eigenvalue weighted by molar-refractivity contribution is 0.0981. The van der Waals surface area contributed by atoms with Gasteiger partial charge in [0.1, 0.15) is 0 Å². The molecule has 18 heavy (non-hydrogen) atoms. The van der Waals surface area contributed by atoms with E-state index in [2.05, 4.69) is 10.2 Å². The van der Waals surface area contributed by atoms with Crippen molar-refractivity contribution in [1.82, 2.24) is 14.9 Å². The third kappa shape index (κ3) is 2.48. The molecule has 0 fully saturated rings. The summed E-state index contributed by atoms with van der Waals surface area (Å²) in [7, 11) is -3.90. The minimum absolute atomic E-state index is 0.0338. The molecule has 0 spiro atoms.